The van der Waals surface area contributed by atoms with E-state index in [1.165, 1.54) is 44.1 Å². The first-order chi connectivity index (χ1) is 12.5. The van der Waals surface area contributed by atoms with Gasteiger partial charge in [0, 0.05) is 12.1 Å². The van der Waals surface area contributed by atoms with Crippen molar-refractivity contribution in [2.45, 2.75) is 63.6 Å². The van der Waals surface area contributed by atoms with Crippen LogP contribution in [0.1, 0.15) is 51.0 Å². The minimum atomic E-state index is -0.120. The van der Waals surface area contributed by atoms with E-state index in [4.69, 9.17) is 4.74 Å². The number of amides is 1. The number of nitrogens with one attached hydrogen (secondary N) is 1. The van der Waals surface area contributed by atoms with E-state index in [2.05, 4.69) is 22.3 Å². The van der Waals surface area contributed by atoms with Gasteiger partial charge in [0.1, 0.15) is 5.75 Å². The molecule has 4 heteroatoms. The van der Waals surface area contributed by atoms with Crippen LogP contribution in [0.25, 0.3) is 0 Å². The average Bonchev–Trinajstić information content (AvgIpc) is 2.60. The van der Waals surface area contributed by atoms with Crippen molar-refractivity contribution in [3.8, 4) is 5.75 Å². The van der Waals surface area contributed by atoms with Crippen LogP contribution in [0.5, 0.6) is 5.75 Å². The van der Waals surface area contributed by atoms with Crippen molar-refractivity contribution in [2.75, 3.05) is 14.2 Å². The molecule has 1 amide bonds. The fraction of sp³-hybridized carbons (Fsp3) is 0.682. The third-order valence-electron chi connectivity index (χ3n) is 7.06. The van der Waals surface area contributed by atoms with Crippen LogP contribution in [0.2, 0.25) is 0 Å². The zero-order valence-corrected chi connectivity index (χ0v) is 16.3. The first kappa shape index (κ1) is 17.8. The Labute approximate surface area is 157 Å². The number of carbonyl (C=O) groups is 1. The summed E-state index contributed by atoms with van der Waals surface area (Å²) in [5.74, 6) is 3.63. The first-order valence-corrected chi connectivity index (χ1v) is 10.1. The van der Waals surface area contributed by atoms with Gasteiger partial charge in [-0.25, -0.2) is 0 Å². The van der Waals surface area contributed by atoms with Gasteiger partial charge in [-0.05, 0) is 87.9 Å². The van der Waals surface area contributed by atoms with Gasteiger partial charge in [0.05, 0.1) is 13.2 Å². The zero-order chi connectivity index (χ0) is 18.3. The molecular weight excluding hydrogens is 324 g/mol. The van der Waals surface area contributed by atoms with Gasteiger partial charge in [0.2, 0.25) is 5.91 Å². The number of carbonyl (C=O) groups excluding carboxylic acids is 1. The van der Waals surface area contributed by atoms with E-state index >= 15 is 0 Å². The summed E-state index contributed by atoms with van der Waals surface area (Å²) in [4.78, 5) is 15.1. The summed E-state index contributed by atoms with van der Waals surface area (Å²) in [6, 6.07) is 7.97. The van der Waals surface area contributed by atoms with E-state index in [9.17, 15) is 4.79 Å². The molecule has 0 spiro atoms. The van der Waals surface area contributed by atoms with Crippen molar-refractivity contribution in [1.29, 1.82) is 0 Å². The van der Waals surface area contributed by atoms with Gasteiger partial charge in [-0.1, -0.05) is 12.1 Å². The fourth-order valence-corrected chi connectivity index (χ4v) is 5.99. The normalized spacial score (nSPS) is 33.3. The van der Waals surface area contributed by atoms with Gasteiger partial charge in [0.25, 0.3) is 0 Å². The Morgan fingerprint density at radius 1 is 1.15 bits per heavy atom. The maximum atomic E-state index is 13.0. The van der Waals surface area contributed by atoms with Crippen LogP contribution >= 0.6 is 0 Å². The molecule has 4 nitrogen and oxygen atoms in total. The monoisotopic (exact) mass is 356 g/mol. The average molecular weight is 357 g/mol. The number of benzene rings is 1. The zero-order valence-electron chi connectivity index (χ0n) is 16.3. The van der Waals surface area contributed by atoms with Crippen LogP contribution < -0.4 is 10.1 Å². The molecule has 0 unspecified atom stereocenters. The van der Waals surface area contributed by atoms with Crippen LogP contribution in [0, 0.1) is 17.8 Å². The number of methoxy groups -OCH3 is 1. The molecule has 0 radical (unpaired) electrons. The molecule has 142 valence electrons. The fourth-order valence-electron chi connectivity index (χ4n) is 5.99. The van der Waals surface area contributed by atoms with E-state index in [0.29, 0.717) is 0 Å². The molecule has 1 N–H and O–H groups in total. The highest BCUT2D eigenvalue weighted by Gasteiger charge is 2.51. The minimum absolute atomic E-state index is 0.0983. The van der Waals surface area contributed by atoms with Crippen LogP contribution in [-0.4, -0.2) is 36.5 Å². The van der Waals surface area contributed by atoms with Crippen LogP contribution in [0.4, 0.5) is 0 Å². The van der Waals surface area contributed by atoms with Gasteiger partial charge in [-0.2, -0.15) is 0 Å². The van der Waals surface area contributed by atoms with Gasteiger partial charge in [-0.3, -0.25) is 9.69 Å². The lowest BCUT2D eigenvalue weighted by molar-refractivity contribution is -0.131. The maximum absolute atomic E-state index is 13.0. The van der Waals surface area contributed by atoms with Gasteiger partial charge < -0.3 is 10.1 Å². The number of hydrogen-bond donors (Lipinski definition) is 1. The quantitative estimate of drug-likeness (QED) is 0.847. The van der Waals surface area contributed by atoms with Crippen molar-refractivity contribution in [1.82, 2.24) is 10.2 Å². The van der Waals surface area contributed by atoms with E-state index < -0.39 is 0 Å². The van der Waals surface area contributed by atoms with Crippen LogP contribution in [0.15, 0.2) is 24.3 Å². The predicted octanol–water partition coefficient (Wildman–Crippen LogP) is 3.60. The second-order valence-electron chi connectivity index (χ2n) is 9.13. The number of likely N-dealkylation sites (N-methyl/N-ethyl adjacent to an activating group) is 1. The second kappa shape index (κ2) is 6.88. The summed E-state index contributed by atoms with van der Waals surface area (Å²) >= 11 is 0. The Balaban J connectivity index is 1.36. The Kier molecular flexibility index (Phi) is 4.72. The van der Waals surface area contributed by atoms with Crippen molar-refractivity contribution < 1.29 is 9.53 Å². The molecule has 5 rings (SSSR count). The van der Waals surface area contributed by atoms with E-state index in [0.717, 1.165) is 30.0 Å². The molecular formula is C22H32N2O2. The van der Waals surface area contributed by atoms with Crippen molar-refractivity contribution in [3.63, 3.8) is 0 Å². The number of nitrogens with zero attached hydrogens (tertiary/aromatic N) is 1. The Bertz CT molecular complexity index is 619. The molecule has 1 aromatic carbocycles. The highest BCUT2D eigenvalue weighted by atomic mass is 16.5. The lowest BCUT2D eigenvalue weighted by atomic mass is 9.53. The highest BCUT2D eigenvalue weighted by molar-refractivity contribution is 5.82. The molecule has 0 saturated heterocycles. The molecule has 26 heavy (non-hydrogen) atoms. The summed E-state index contributed by atoms with van der Waals surface area (Å²) < 4.78 is 5.22. The van der Waals surface area contributed by atoms with Crippen molar-refractivity contribution in [3.05, 3.63) is 29.8 Å². The molecule has 0 aromatic heterocycles. The smallest absolute Gasteiger partial charge is 0.237 e. The third kappa shape index (κ3) is 3.48. The summed E-state index contributed by atoms with van der Waals surface area (Å²) in [5.41, 5.74) is 1.30. The Morgan fingerprint density at radius 3 is 2.19 bits per heavy atom. The first-order valence-electron chi connectivity index (χ1n) is 10.1. The van der Waals surface area contributed by atoms with Crippen molar-refractivity contribution >= 4 is 5.91 Å². The molecule has 4 bridgehead atoms. The molecule has 0 heterocycles. The third-order valence-corrected chi connectivity index (χ3v) is 7.06. The molecule has 4 saturated carbocycles. The lowest BCUT2D eigenvalue weighted by Gasteiger charge is -2.57. The molecule has 4 fully saturated rings. The predicted molar refractivity (Wildman–Crippen MR) is 103 cm³/mol. The summed E-state index contributed by atoms with van der Waals surface area (Å²) in [7, 11) is 3.71. The van der Waals surface area contributed by atoms with Gasteiger partial charge in [0.15, 0.2) is 0 Å². The van der Waals surface area contributed by atoms with E-state index in [-0.39, 0.29) is 17.5 Å². The molecule has 1 aromatic rings. The molecule has 4 aliphatic rings. The molecule has 0 aliphatic heterocycles. The SMILES string of the molecule is COc1ccc(CN(C)[C@H](C)C(=O)NC23CC4CC(CC(C4)C2)C3)cc1. The standard InChI is InChI=1S/C22H32N2O2/c1-15(24(2)14-16-4-6-20(26-3)7-5-16)21(25)23-22-11-17-8-18(12-22)10-19(9-17)13-22/h4-7,15,17-19H,8-14H2,1-3H3,(H,23,25)/t15-,17?,18?,19?,22?/m1/s1. The van der Waals surface area contributed by atoms with Gasteiger partial charge in [-0.15, -0.1) is 0 Å². The van der Waals surface area contributed by atoms with Crippen molar-refractivity contribution in [2.24, 2.45) is 17.8 Å². The summed E-state index contributed by atoms with van der Waals surface area (Å²) in [6.07, 6.45) is 7.84. The summed E-state index contributed by atoms with van der Waals surface area (Å²) in [5, 5.41) is 3.51. The van der Waals surface area contributed by atoms with E-state index in [1.54, 1.807) is 7.11 Å². The number of ether oxygens (including phenoxy) is 1. The topological polar surface area (TPSA) is 41.6 Å². The molecule has 1 atom stereocenters. The highest BCUT2D eigenvalue weighted by Crippen LogP contribution is 2.55. The van der Waals surface area contributed by atoms with Crippen LogP contribution in [-0.2, 0) is 11.3 Å². The van der Waals surface area contributed by atoms with Gasteiger partial charge >= 0.3 is 0 Å². The van der Waals surface area contributed by atoms with E-state index in [1.807, 2.05) is 26.1 Å². The largest absolute Gasteiger partial charge is 0.497 e. The molecule has 4 aliphatic carbocycles. The minimum Gasteiger partial charge on any atom is -0.497 e. The second-order valence-corrected chi connectivity index (χ2v) is 9.13. The summed E-state index contributed by atoms with van der Waals surface area (Å²) in [6.45, 7) is 2.79. The van der Waals surface area contributed by atoms with Crippen LogP contribution in [0.3, 0.4) is 0 Å². The maximum Gasteiger partial charge on any atom is 0.237 e. The number of rotatable bonds is 6. The number of hydrogen-bond acceptors (Lipinski definition) is 3. The lowest BCUT2D eigenvalue weighted by Crippen LogP contribution is -2.62. The Hall–Kier alpha value is -1.55. The Morgan fingerprint density at radius 2 is 1.69 bits per heavy atom.